The van der Waals surface area contributed by atoms with Crippen molar-refractivity contribution >= 4 is 23.3 Å². The van der Waals surface area contributed by atoms with Crippen LogP contribution in [0, 0.1) is 5.41 Å². The lowest BCUT2D eigenvalue weighted by Gasteiger charge is -2.34. The fourth-order valence-corrected chi connectivity index (χ4v) is 3.46. The molecule has 2 heterocycles. The third kappa shape index (κ3) is 3.81. The average molecular weight is 375 g/mol. The first-order valence-corrected chi connectivity index (χ1v) is 9.17. The molecule has 7 heteroatoms. The molecule has 1 amide bonds. The molecule has 0 unspecified atom stereocenters. The molecule has 1 aromatic carbocycles. The molecule has 0 bridgehead atoms. The molecule has 0 atom stereocenters. The molecule has 0 radical (unpaired) electrons. The zero-order valence-electron chi connectivity index (χ0n) is 14.8. The maximum absolute atomic E-state index is 12.1. The number of aromatic nitrogens is 2. The molecule has 138 valence electrons. The Morgan fingerprint density at radius 2 is 1.96 bits per heavy atom. The predicted molar refractivity (Wildman–Crippen MR) is 102 cm³/mol. The van der Waals surface area contributed by atoms with Gasteiger partial charge >= 0.3 is 0 Å². The summed E-state index contributed by atoms with van der Waals surface area (Å²) >= 11 is 6.40. The Labute approximate surface area is 158 Å². The Morgan fingerprint density at radius 3 is 2.58 bits per heavy atom. The number of anilines is 1. The zero-order valence-corrected chi connectivity index (χ0v) is 15.6. The third-order valence-electron chi connectivity index (χ3n) is 4.91. The number of primary amides is 1. The van der Waals surface area contributed by atoms with Crippen molar-refractivity contribution in [3.63, 3.8) is 0 Å². The van der Waals surface area contributed by atoms with E-state index in [1.165, 1.54) is 0 Å². The molecule has 3 N–H and O–H groups in total. The second-order valence-corrected chi connectivity index (χ2v) is 6.85. The fourth-order valence-electron chi connectivity index (χ4n) is 3.16. The van der Waals surface area contributed by atoms with Gasteiger partial charge < -0.3 is 15.8 Å². The van der Waals surface area contributed by atoms with Crippen LogP contribution in [0.25, 0.3) is 11.4 Å². The van der Waals surface area contributed by atoms with E-state index < -0.39 is 5.41 Å². The number of benzene rings is 1. The summed E-state index contributed by atoms with van der Waals surface area (Å²) in [5.74, 6) is 0.892. The van der Waals surface area contributed by atoms with Crippen LogP contribution in [0.4, 0.5) is 5.82 Å². The van der Waals surface area contributed by atoms with Crippen LogP contribution in [0.1, 0.15) is 25.3 Å². The highest BCUT2D eigenvalue weighted by Crippen LogP contribution is 2.32. The monoisotopic (exact) mass is 374 g/mol. The first-order chi connectivity index (χ1) is 12.6. The lowest BCUT2D eigenvalue weighted by atomic mass is 9.79. The molecular formula is C19H23ClN4O2. The summed E-state index contributed by atoms with van der Waals surface area (Å²) in [7, 11) is 0. The molecule has 1 fully saturated rings. The quantitative estimate of drug-likeness (QED) is 0.758. The van der Waals surface area contributed by atoms with Gasteiger partial charge in [-0.15, -0.1) is 0 Å². The van der Waals surface area contributed by atoms with Crippen molar-refractivity contribution in [2.24, 2.45) is 11.1 Å². The zero-order chi connectivity index (χ0) is 18.6. The van der Waals surface area contributed by atoms with Crippen molar-refractivity contribution in [3.8, 4) is 11.4 Å². The van der Waals surface area contributed by atoms with Crippen molar-refractivity contribution in [1.29, 1.82) is 0 Å². The maximum atomic E-state index is 12.1. The van der Waals surface area contributed by atoms with Crippen LogP contribution < -0.4 is 11.1 Å². The van der Waals surface area contributed by atoms with E-state index in [1.807, 2.05) is 37.3 Å². The lowest BCUT2D eigenvalue weighted by molar-refractivity contribution is -0.132. The van der Waals surface area contributed by atoms with Gasteiger partial charge in [0.15, 0.2) is 5.82 Å². The van der Waals surface area contributed by atoms with Crippen LogP contribution in [0.5, 0.6) is 0 Å². The van der Waals surface area contributed by atoms with Crippen LogP contribution >= 0.6 is 11.6 Å². The number of amides is 1. The SMILES string of the molecule is CCc1c(Cl)nc(-c2ccccc2)nc1NCC1(C(N)=O)CCOCC1. The van der Waals surface area contributed by atoms with Crippen molar-refractivity contribution in [1.82, 2.24) is 9.97 Å². The highest BCUT2D eigenvalue weighted by Gasteiger charge is 2.38. The molecule has 3 rings (SSSR count). The number of hydrogen-bond acceptors (Lipinski definition) is 5. The number of carbonyl (C=O) groups excluding carboxylic acids is 1. The van der Waals surface area contributed by atoms with Crippen LogP contribution in [-0.4, -0.2) is 35.6 Å². The summed E-state index contributed by atoms with van der Waals surface area (Å²) in [5.41, 5.74) is 6.78. The molecule has 26 heavy (non-hydrogen) atoms. The van der Waals surface area contributed by atoms with Crippen LogP contribution in [0.15, 0.2) is 30.3 Å². The summed E-state index contributed by atoms with van der Waals surface area (Å²) in [6.07, 6.45) is 1.88. The van der Waals surface area contributed by atoms with Gasteiger partial charge in [0.1, 0.15) is 11.0 Å². The first-order valence-electron chi connectivity index (χ1n) is 8.79. The van der Waals surface area contributed by atoms with Crippen LogP contribution in [0.3, 0.4) is 0 Å². The Balaban J connectivity index is 1.90. The van der Waals surface area contributed by atoms with E-state index in [1.54, 1.807) is 0 Å². The highest BCUT2D eigenvalue weighted by atomic mass is 35.5. The van der Waals surface area contributed by atoms with Crippen molar-refractivity contribution in [2.45, 2.75) is 26.2 Å². The van der Waals surface area contributed by atoms with Gasteiger partial charge in [-0.1, -0.05) is 48.9 Å². The number of nitrogens with one attached hydrogen (secondary N) is 1. The minimum absolute atomic E-state index is 0.310. The van der Waals surface area contributed by atoms with Gasteiger partial charge in [-0.2, -0.15) is 0 Å². The summed E-state index contributed by atoms with van der Waals surface area (Å²) in [6.45, 7) is 3.46. The van der Waals surface area contributed by atoms with E-state index in [-0.39, 0.29) is 5.91 Å². The Bertz CT molecular complexity index is 777. The third-order valence-corrected chi connectivity index (χ3v) is 5.22. The fraction of sp³-hybridized carbons (Fsp3) is 0.421. The normalized spacial score (nSPS) is 16.2. The smallest absolute Gasteiger partial charge is 0.225 e. The summed E-state index contributed by atoms with van der Waals surface area (Å²) < 4.78 is 5.39. The van der Waals surface area contributed by atoms with Gasteiger partial charge in [0, 0.05) is 30.9 Å². The standard InChI is InChI=1S/C19H23ClN4O2/c1-2-14-15(20)23-16(13-6-4-3-5-7-13)24-17(14)22-12-19(18(21)25)8-10-26-11-9-19/h3-7H,2,8-12H2,1H3,(H2,21,25)(H,22,23,24). The van der Waals surface area contributed by atoms with Gasteiger partial charge in [0.2, 0.25) is 5.91 Å². The molecular weight excluding hydrogens is 352 g/mol. The van der Waals surface area contributed by atoms with E-state index in [0.29, 0.717) is 55.8 Å². The highest BCUT2D eigenvalue weighted by molar-refractivity contribution is 6.30. The summed E-state index contributed by atoms with van der Waals surface area (Å²) in [6, 6.07) is 9.66. The molecule has 1 aromatic heterocycles. The number of hydrogen-bond donors (Lipinski definition) is 2. The molecule has 1 aliphatic heterocycles. The Hall–Kier alpha value is -2.18. The second kappa shape index (κ2) is 8.01. The molecule has 6 nitrogen and oxygen atoms in total. The molecule has 1 saturated heterocycles. The number of ether oxygens (including phenoxy) is 1. The predicted octanol–water partition coefficient (Wildman–Crippen LogP) is 3.05. The van der Waals surface area contributed by atoms with Gasteiger partial charge in [0.25, 0.3) is 0 Å². The number of carbonyl (C=O) groups is 1. The van der Waals surface area contributed by atoms with Crippen LogP contribution in [0.2, 0.25) is 5.15 Å². The number of nitrogens with zero attached hydrogens (tertiary/aromatic N) is 2. The molecule has 1 aliphatic rings. The molecule has 2 aromatic rings. The number of nitrogens with two attached hydrogens (primary N) is 1. The number of rotatable bonds is 6. The number of halogens is 1. The van der Waals surface area contributed by atoms with Gasteiger partial charge in [-0.25, -0.2) is 9.97 Å². The topological polar surface area (TPSA) is 90.1 Å². The second-order valence-electron chi connectivity index (χ2n) is 6.50. The maximum Gasteiger partial charge on any atom is 0.225 e. The minimum atomic E-state index is -0.631. The molecule has 0 aliphatic carbocycles. The summed E-state index contributed by atoms with van der Waals surface area (Å²) in [5, 5.41) is 3.74. The molecule has 0 saturated carbocycles. The Kier molecular flexibility index (Phi) is 5.74. The van der Waals surface area contributed by atoms with E-state index in [2.05, 4.69) is 15.3 Å². The largest absolute Gasteiger partial charge is 0.381 e. The van der Waals surface area contributed by atoms with Crippen molar-refractivity contribution < 1.29 is 9.53 Å². The Morgan fingerprint density at radius 1 is 1.27 bits per heavy atom. The van der Waals surface area contributed by atoms with E-state index in [0.717, 1.165) is 11.1 Å². The van der Waals surface area contributed by atoms with Gasteiger partial charge in [-0.3, -0.25) is 4.79 Å². The van der Waals surface area contributed by atoms with Gasteiger partial charge in [-0.05, 0) is 19.3 Å². The van der Waals surface area contributed by atoms with Crippen molar-refractivity contribution in [3.05, 3.63) is 41.0 Å². The van der Waals surface area contributed by atoms with E-state index >= 15 is 0 Å². The van der Waals surface area contributed by atoms with Crippen LogP contribution in [-0.2, 0) is 16.0 Å². The van der Waals surface area contributed by atoms with Crippen molar-refractivity contribution in [2.75, 3.05) is 25.1 Å². The first kappa shape index (κ1) is 18.6. The van der Waals surface area contributed by atoms with Gasteiger partial charge in [0.05, 0.1) is 5.41 Å². The molecule has 0 spiro atoms. The van der Waals surface area contributed by atoms with E-state index in [9.17, 15) is 4.79 Å². The van der Waals surface area contributed by atoms with E-state index in [4.69, 9.17) is 22.1 Å². The minimum Gasteiger partial charge on any atom is -0.381 e. The lowest BCUT2D eigenvalue weighted by Crippen LogP contribution is -2.46. The average Bonchev–Trinajstić information content (AvgIpc) is 2.67. The summed E-state index contributed by atoms with van der Waals surface area (Å²) in [4.78, 5) is 21.2.